The van der Waals surface area contributed by atoms with E-state index in [1.54, 1.807) is 0 Å². The number of anilines is 2. The third-order valence-corrected chi connectivity index (χ3v) is 4.08. The van der Waals surface area contributed by atoms with E-state index in [2.05, 4.69) is 17.9 Å². The van der Waals surface area contributed by atoms with Crippen LogP contribution in [0.1, 0.15) is 19.8 Å². The SMILES string of the molecule is CCC1CN(CCCOc2ccccc2)c2ccc(N)cc2O1. The lowest BCUT2D eigenvalue weighted by Crippen LogP contribution is -2.40. The zero-order chi connectivity index (χ0) is 16.1. The van der Waals surface area contributed by atoms with Crippen LogP contribution in [0.25, 0.3) is 0 Å². The van der Waals surface area contributed by atoms with Crippen LogP contribution in [0.4, 0.5) is 11.4 Å². The maximum absolute atomic E-state index is 6.01. The first-order chi connectivity index (χ1) is 11.3. The standard InChI is InChI=1S/C19H24N2O2/c1-2-16-14-21(18-10-9-15(20)13-19(18)23-16)11-6-12-22-17-7-4-3-5-8-17/h3-5,7-10,13,16H,2,6,11-12,14,20H2,1H3. The average molecular weight is 312 g/mol. The Morgan fingerprint density at radius 2 is 2.04 bits per heavy atom. The summed E-state index contributed by atoms with van der Waals surface area (Å²) in [5, 5.41) is 0. The monoisotopic (exact) mass is 312 g/mol. The lowest BCUT2D eigenvalue weighted by molar-refractivity contribution is 0.188. The van der Waals surface area contributed by atoms with Crippen molar-refractivity contribution in [3.63, 3.8) is 0 Å². The number of rotatable bonds is 6. The Balaban J connectivity index is 1.59. The fourth-order valence-corrected chi connectivity index (χ4v) is 2.83. The molecule has 1 unspecified atom stereocenters. The van der Waals surface area contributed by atoms with E-state index < -0.39 is 0 Å². The topological polar surface area (TPSA) is 47.7 Å². The van der Waals surface area contributed by atoms with Gasteiger partial charge in [0.25, 0.3) is 0 Å². The minimum Gasteiger partial charge on any atom is -0.494 e. The normalized spacial score (nSPS) is 16.6. The van der Waals surface area contributed by atoms with E-state index in [-0.39, 0.29) is 6.10 Å². The van der Waals surface area contributed by atoms with Crippen molar-refractivity contribution >= 4 is 11.4 Å². The second-order valence-corrected chi connectivity index (χ2v) is 5.84. The highest BCUT2D eigenvalue weighted by Crippen LogP contribution is 2.35. The summed E-state index contributed by atoms with van der Waals surface area (Å²) in [6.45, 7) is 4.73. The van der Waals surface area contributed by atoms with Crippen molar-refractivity contribution in [1.82, 2.24) is 0 Å². The van der Waals surface area contributed by atoms with Gasteiger partial charge in [-0.2, -0.15) is 0 Å². The average Bonchev–Trinajstić information content (AvgIpc) is 2.58. The zero-order valence-corrected chi connectivity index (χ0v) is 13.6. The first-order valence-electron chi connectivity index (χ1n) is 8.25. The molecule has 0 aromatic heterocycles. The number of nitrogen functional groups attached to an aromatic ring is 1. The van der Waals surface area contributed by atoms with E-state index in [9.17, 15) is 0 Å². The number of nitrogens with two attached hydrogens (primary N) is 1. The molecule has 4 nitrogen and oxygen atoms in total. The van der Waals surface area contributed by atoms with Crippen LogP contribution < -0.4 is 20.1 Å². The van der Waals surface area contributed by atoms with E-state index in [1.807, 2.05) is 42.5 Å². The molecule has 1 aliphatic heterocycles. The third kappa shape index (κ3) is 3.89. The quantitative estimate of drug-likeness (QED) is 0.652. The Kier molecular flexibility index (Phi) is 4.91. The largest absolute Gasteiger partial charge is 0.494 e. The fraction of sp³-hybridized carbons (Fsp3) is 0.368. The Hall–Kier alpha value is -2.36. The molecule has 0 bridgehead atoms. The molecule has 0 saturated heterocycles. The summed E-state index contributed by atoms with van der Waals surface area (Å²) in [5.74, 6) is 1.82. The van der Waals surface area contributed by atoms with Crippen molar-refractivity contribution in [1.29, 1.82) is 0 Å². The lowest BCUT2D eigenvalue weighted by Gasteiger charge is -2.36. The lowest BCUT2D eigenvalue weighted by atomic mass is 10.1. The summed E-state index contributed by atoms with van der Waals surface area (Å²) >= 11 is 0. The molecular weight excluding hydrogens is 288 g/mol. The van der Waals surface area contributed by atoms with Crippen molar-refractivity contribution in [2.45, 2.75) is 25.9 Å². The molecule has 0 fully saturated rings. The molecule has 2 aromatic carbocycles. The van der Waals surface area contributed by atoms with Gasteiger partial charge in [-0.25, -0.2) is 0 Å². The summed E-state index contributed by atoms with van der Waals surface area (Å²) in [6.07, 6.45) is 2.18. The molecule has 1 heterocycles. The molecular formula is C19H24N2O2. The van der Waals surface area contributed by atoms with Gasteiger partial charge >= 0.3 is 0 Å². The maximum Gasteiger partial charge on any atom is 0.145 e. The predicted octanol–water partition coefficient (Wildman–Crippen LogP) is 3.72. The third-order valence-electron chi connectivity index (χ3n) is 4.08. The van der Waals surface area contributed by atoms with Gasteiger partial charge in [-0.05, 0) is 37.1 Å². The fourth-order valence-electron chi connectivity index (χ4n) is 2.83. The van der Waals surface area contributed by atoms with Crippen LogP contribution in [0.3, 0.4) is 0 Å². The molecule has 23 heavy (non-hydrogen) atoms. The molecule has 122 valence electrons. The first kappa shape index (κ1) is 15.5. The van der Waals surface area contributed by atoms with Gasteiger partial charge in [0.15, 0.2) is 0 Å². The van der Waals surface area contributed by atoms with Gasteiger partial charge in [0, 0.05) is 18.3 Å². The van der Waals surface area contributed by atoms with Crippen LogP contribution in [0.15, 0.2) is 48.5 Å². The van der Waals surface area contributed by atoms with E-state index in [1.165, 1.54) is 0 Å². The molecule has 3 rings (SSSR count). The highest BCUT2D eigenvalue weighted by molar-refractivity contribution is 5.65. The molecule has 2 aromatic rings. The van der Waals surface area contributed by atoms with Gasteiger partial charge in [-0.1, -0.05) is 25.1 Å². The van der Waals surface area contributed by atoms with Crippen molar-refractivity contribution in [3.05, 3.63) is 48.5 Å². The highest BCUT2D eigenvalue weighted by Gasteiger charge is 2.24. The molecule has 1 atom stereocenters. The van der Waals surface area contributed by atoms with Gasteiger partial charge in [-0.3, -0.25) is 0 Å². The van der Waals surface area contributed by atoms with E-state index in [0.717, 1.165) is 48.8 Å². The Bertz CT molecular complexity index is 631. The zero-order valence-electron chi connectivity index (χ0n) is 13.6. The molecule has 1 aliphatic rings. The number of nitrogens with zero attached hydrogens (tertiary/aromatic N) is 1. The Morgan fingerprint density at radius 3 is 2.83 bits per heavy atom. The molecule has 4 heteroatoms. The summed E-state index contributed by atoms with van der Waals surface area (Å²) < 4.78 is 11.8. The Morgan fingerprint density at radius 1 is 1.22 bits per heavy atom. The van der Waals surface area contributed by atoms with Crippen LogP contribution in [-0.4, -0.2) is 25.8 Å². The highest BCUT2D eigenvalue weighted by atomic mass is 16.5. The van der Waals surface area contributed by atoms with Crippen LogP contribution in [-0.2, 0) is 0 Å². The second-order valence-electron chi connectivity index (χ2n) is 5.84. The van der Waals surface area contributed by atoms with E-state index in [4.69, 9.17) is 15.2 Å². The van der Waals surface area contributed by atoms with Crippen molar-refractivity contribution in [3.8, 4) is 11.5 Å². The molecule has 0 radical (unpaired) electrons. The molecule has 2 N–H and O–H groups in total. The van der Waals surface area contributed by atoms with Gasteiger partial charge in [-0.15, -0.1) is 0 Å². The predicted molar refractivity (Wildman–Crippen MR) is 94.3 cm³/mol. The number of ether oxygens (including phenoxy) is 2. The van der Waals surface area contributed by atoms with Crippen molar-refractivity contribution in [2.75, 3.05) is 30.3 Å². The summed E-state index contributed by atoms with van der Waals surface area (Å²) in [4.78, 5) is 2.38. The van der Waals surface area contributed by atoms with Crippen molar-refractivity contribution < 1.29 is 9.47 Å². The van der Waals surface area contributed by atoms with Gasteiger partial charge in [0.1, 0.15) is 17.6 Å². The van der Waals surface area contributed by atoms with Gasteiger partial charge in [0.2, 0.25) is 0 Å². The molecule has 0 amide bonds. The van der Waals surface area contributed by atoms with Gasteiger partial charge < -0.3 is 20.1 Å². The van der Waals surface area contributed by atoms with E-state index in [0.29, 0.717) is 6.61 Å². The molecule has 0 aliphatic carbocycles. The number of fused-ring (bicyclic) bond motifs is 1. The number of hydrogen-bond donors (Lipinski definition) is 1. The van der Waals surface area contributed by atoms with Crippen molar-refractivity contribution in [2.24, 2.45) is 0 Å². The van der Waals surface area contributed by atoms with Crippen LogP contribution in [0.2, 0.25) is 0 Å². The minimum atomic E-state index is 0.222. The summed E-state index contributed by atoms with van der Waals surface area (Å²) in [7, 11) is 0. The van der Waals surface area contributed by atoms with Crippen LogP contribution in [0.5, 0.6) is 11.5 Å². The van der Waals surface area contributed by atoms with Crippen LogP contribution >= 0.6 is 0 Å². The van der Waals surface area contributed by atoms with E-state index >= 15 is 0 Å². The van der Waals surface area contributed by atoms with Crippen LogP contribution in [0, 0.1) is 0 Å². The van der Waals surface area contributed by atoms with Gasteiger partial charge in [0.05, 0.1) is 18.8 Å². The second kappa shape index (κ2) is 7.27. The first-order valence-corrected chi connectivity index (χ1v) is 8.25. The minimum absolute atomic E-state index is 0.222. The molecule has 0 saturated carbocycles. The number of hydrogen-bond acceptors (Lipinski definition) is 4. The number of para-hydroxylation sites is 1. The number of benzene rings is 2. The smallest absolute Gasteiger partial charge is 0.145 e. The summed E-state index contributed by atoms with van der Waals surface area (Å²) in [6, 6.07) is 15.8. The maximum atomic E-state index is 6.01. The summed E-state index contributed by atoms with van der Waals surface area (Å²) in [5.41, 5.74) is 7.75. The molecule has 0 spiro atoms. The Labute approximate surface area is 137 Å².